The van der Waals surface area contributed by atoms with Gasteiger partial charge in [-0.15, -0.1) is 0 Å². The molecule has 1 aliphatic carbocycles. The quantitative estimate of drug-likeness (QED) is 0.725. The third-order valence-electron chi connectivity index (χ3n) is 3.90. The van der Waals surface area contributed by atoms with Crippen molar-refractivity contribution in [3.63, 3.8) is 0 Å². The van der Waals surface area contributed by atoms with Crippen LogP contribution in [0.4, 0.5) is 0 Å². The van der Waals surface area contributed by atoms with Gasteiger partial charge in [-0.05, 0) is 36.8 Å². The van der Waals surface area contributed by atoms with Gasteiger partial charge in [0, 0.05) is 29.1 Å². The van der Waals surface area contributed by atoms with Gasteiger partial charge in [-0.25, -0.2) is 0 Å². The molecule has 0 saturated heterocycles. The molecular weight excluding hydrogens is 260 g/mol. The summed E-state index contributed by atoms with van der Waals surface area (Å²) in [6.45, 7) is 2.05. The number of ketones is 1. The van der Waals surface area contributed by atoms with Gasteiger partial charge in [0.15, 0.2) is 0 Å². The van der Waals surface area contributed by atoms with Crippen LogP contribution in [-0.2, 0) is 6.42 Å². The lowest BCUT2D eigenvalue weighted by Gasteiger charge is -2.01. The van der Waals surface area contributed by atoms with E-state index in [1.165, 1.54) is 5.56 Å². The number of nitrogens with zero attached hydrogens (tertiary/aromatic N) is 1. The van der Waals surface area contributed by atoms with Crippen molar-refractivity contribution >= 4 is 22.8 Å². The molecule has 0 bridgehead atoms. The Bertz CT molecular complexity index is 903. The maximum Gasteiger partial charge on any atom is 0.210 e. The molecule has 2 heterocycles. The van der Waals surface area contributed by atoms with E-state index in [2.05, 4.69) is 22.1 Å². The van der Waals surface area contributed by atoms with Crippen LogP contribution in [0.2, 0.25) is 0 Å². The molecule has 0 spiro atoms. The van der Waals surface area contributed by atoms with E-state index >= 15 is 0 Å². The molecule has 102 valence electrons. The van der Waals surface area contributed by atoms with Crippen molar-refractivity contribution in [1.82, 2.24) is 9.97 Å². The predicted octanol–water partition coefficient (Wildman–Crippen LogP) is 3.67. The monoisotopic (exact) mass is 274 g/mol. The molecule has 21 heavy (non-hydrogen) atoms. The number of rotatable bonds is 2. The van der Waals surface area contributed by atoms with E-state index < -0.39 is 0 Å². The Morgan fingerprint density at radius 3 is 3.05 bits per heavy atom. The Morgan fingerprint density at radius 2 is 2.14 bits per heavy atom. The van der Waals surface area contributed by atoms with Crippen molar-refractivity contribution in [3.8, 4) is 0 Å². The molecule has 0 aliphatic heterocycles. The SMILES string of the molecule is Cc1ccc2[nH]c(C(=O)c3cnc4c(c3)C=CC4)cc2c1. The van der Waals surface area contributed by atoms with E-state index in [9.17, 15) is 4.79 Å². The maximum atomic E-state index is 12.6. The molecule has 0 fully saturated rings. The van der Waals surface area contributed by atoms with Crippen LogP contribution in [-0.4, -0.2) is 15.8 Å². The molecule has 0 unspecified atom stereocenters. The second kappa shape index (κ2) is 4.42. The van der Waals surface area contributed by atoms with Gasteiger partial charge in [-0.1, -0.05) is 23.8 Å². The first-order valence-electron chi connectivity index (χ1n) is 7.00. The summed E-state index contributed by atoms with van der Waals surface area (Å²) < 4.78 is 0. The molecule has 2 aromatic heterocycles. The Labute approximate surface area is 122 Å². The zero-order valence-electron chi connectivity index (χ0n) is 11.7. The highest BCUT2D eigenvalue weighted by molar-refractivity contribution is 6.10. The summed E-state index contributed by atoms with van der Waals surface area (Å²) in [6.07, 6.45) is 6.62. The summed E-state index contributed by atoms with van der Waals surface area (Å²) in [7, 11) is 0. The van der Waals surface area contributed by atoms with Crippen molar-refractivity contribution in [2.75, 3.05) is 0 Å². The average molecular weight is 274 g/mol. The minimum absolute atomic E-state index is 0.0144. The zero-order valence-corrected chi connectivity index (χ0v) is 11.7. The van der Waals surface area contributed by atoms with Gasteiger partial charge in [0.1, 0.15) is 0 Å². The number of hydrogen-bond acceptors (Lipinski definition) is 2. The minimum atomic E-state index is -0.0144. The predicted molar refractivity (Wildman–Crippen MR) is 83.4 cm³/mol. The maximum absolute atomic E-state index is 12.6. The van der Waals surface area contributed by atoms with Gasteiger partial charge >= 0.3 is 0 Å². The summed E-state index contributed by atoms with van der Waals surface area (Å²) in [5.74, 6) is -0.0144. The molecule has 0 atom stereocenters. The normalized spacial score (nSPS) is 12.8. The summed E-state index contributed by atoms with van der Waals surface area (Å²) in [6, 6.07) is 9.95. The Hall–Kier alpha value is -2.68. The average Bonchev–Trinajstić information content (AvgIpc) is 3.11. The molecule has 4 rings (SSSR count). The zero-order chi connectivity index (χ0) is 14.4. The van der Waals surface area contributed by atoms with Crippen LogP contribution in [0.3, 0.4) is 0 Å². The van der Waals surface area contributed by atoms with Gasteiger partial charge in [0.25, 0.3) is 0 Å². The molecule has 1 aromatic carbocycles. The molecular formula is C18H14N2O. The fraction of sp³-hybridized carbons (Fsp3) is 0.111. The number of nitrogens with one attached hydrogen (secondary N) is 1. The van der Waals surface area contributed by atoms with Crippen LogP contribution in [0.25, 0.3) is 17.0 Å². The van der Waals surface area contributed by atoms with Crippen molar-refractivity contribution in [1.29, 1.82) is 0 Å². The molecule has 1 N–H and O–H groups in total. The van der Waals surface area contributed by atoms with E-state index in [0.717, 1.165) is 28.6 Å². The van der Waals surface area contributed by atoms with Crippen molar-refractivity contribution in [2.45, 2.75) is 13.3 Å². The van der Waals surface area contributed by atoms with Gasteiger partial charge in [-0.3, -0.25) is 9.78 Å². The van der Waals surface area contributed by atoms with Crippen molar-refractivity contribution < 1.29 is 4.79 Å². The number of aromatic amines is 1. The van der Waals surface area contributed by atoms with Crippen LogP contribution < -0.4 is 0 Å². The van der Waals surface area contributed by atoms with E-state index in [4.69, 9.17) is 0 Å². The van der Waals surface area contributed by atoms with E-state index in [0.29, 0.717) is 11.3 Å². The number of aromatic nitrogens is 2. The number of fused-ring (bicyclic) bond motifs is 2. The van der Waals surface area contributed by atoms with Gasteiger partial charge in [0.05, 0.1) is 11.4 Å². The second-order valence-electron chi connectivity index (χ2n) is 5.47. The van der Waals surface area contributed by atoms with Crippen LogP contribution in [0.1, 0.15) is 32.9 Å². The largest absolute Gasteiger partial charge is 0.352 e. The van der Waals surface area contributed by atoms with Gasteiger partial charge < -0.3 is 4.98 Å². The van der Waals surface area contributed by atoms with Gasteiger partial charge in [-0.2, -0.15) is 0 Å². The summed E-state index contributed by atoms with van der Waals surface area (Å²) in [5.41, 5.74) is 5.50. The number of aryl methyl sites for hydroxylation is 1. The lowest BCUT2D eigenvalue weighted by molar-refractivity contribution is 0.103. The first-order valence-corrected chi connectivity index (χ1v) is 7.00. The van der Waals surface area contributed by atoms with Crippen molar-refractivity contribution in [3.05, 3.63) is 70.7 Å². The fourth-order valence-corrected chi connectivity index (χ4v) is 2.78. The highest BCUT2D eigenvalue weighted by Gasteiger charge is 2.15. The number of hydrogen-bond donors (Lipinski definition) is 1. The number of carbonyl (C=O) groups excluding carboxylic acids is 1. The van der Waals surface area contributed by atoms with E-state index in [1.54, 1.807) is 6.20 Å². The Kier molecular flexibility index (Phi) is 2.54. The van der Waals surface area contributed by atoms with Crippen LogP contribution in [0.15, 0.2) is 42.6 Å². The Morgan fingerprint density at radius 1 is 1.24 bits per heavy atom. The summed E-state index contributed by atoms with van der Waals surface area (Å²) in [4.78, 5) is 20.2. The smallest absolute Gasteiger partial charge is 0.210 e. The fourth-order valence-electron chi connectivity index (χ4n) is 2.78. The number of H-pyrrole nitrogens is 1. The number of pyridine rings is 1. The molecule has 0 radical (unpaired) electrons. The summed E-state index contributed by atoms with van der Waals surface area (Å²) >= 11 is 0. The molecule has 3 heteroatoms. The minimum Gasteiger partial charge on any atom is -0.352 e. The number of carbonyl (C=O) groups is 1. The number of benzene rings is 1. The van der Waals surface area contributed by atoms with Crippen LogP contribution in [0.5, 0.6) is 0 Å². The number of allylic oxidation sites excluding steroid dienone is 1. The Balaban J connectivity index is 1.77. The molecule has 3 aromatic rings. The first kappa shape index (κ1) is 12.1. The third kappa shape index (κ3) is 1.98. The standard InChI is InChI=1S/C18H14N2O/c1-11-5-6-16-13(7-11)9-17(20-16)18(21)14-8-12-3-2-4-15(12)19-10-14/h2-3,5-10,20H,4H2,1H3. The van der Waals surface area contributed by atoms with Crippen LogP contribution in [0, 0.1) is 6.92 Å². The van der Waals surface area contributed by atoms with E-state index in [1.807, 2.05) is 37.3 Å². The molecule has 3 nitrogen and oxygen atoms in total. The topological polar surface area (TPSA) is 45.8 Å². The van der Waals surface area contributed by atoms with Crippen LogP contribution >= 0.6 is 0 Å². The van der Waals surface area contributed by atoms with Gasteiger partial charge in [0.2, 0.25) is 5.78 Å². The van der Waals surface area contributed by atoms with Crippen molar-refractivity contribution in [2.24, 2.45) is 0 Å². The third-order valence-corrected chi connectivity index (χ3v) is 3.90. The highest BCUT2D eigenvalue weighted by atomic mass is 16.1. The molecule has 1 aliphatic rings. The van der Waals surface area contributed by atoms with E-state index in [-0.39, 0.29) is 5.78 Å². The highest BCUT2D eigenvalue weighted by Crippen LogP contribution is 2.22. The lowest BCUT2D eigenvalue weighted by Crippen LogP contribution is -2.03. The lowest BCUT2D eigenvalue weighted by atomic mass is 10.1. The summed E-state index contributed by atoms with van der Waals surface area (Å²) in [5, 5.41) is 1.06. The molecule has 0 saturated carbocycles. The molecule has 0 amide bonds. The first-order chi connectivity index (χ1) is 10.2. The second-order valence-corrected chi connectivity index (χ2v) is 5.47.